The molecule has 3 aliphatic rings. The summed E-state index contributed by atoms with van der Waals surface area (Å²) in [6.45, 7) is 5.31. The quantitative estimate of drug-likeness (QED) is 0.575. The van der Waals surface area contributed by atoms with Crippen LogP contribution in [0.2, 0.25) is 0 Å². The van der Waals surface area contributed by atoms with Crippen molar-refractivity contribution in [1.29, 1.82) is 0 Å². The molecule has 8 nitrogen and oxygen atoms in total. The molecule has 1 aliphatic carbocycles. The molecule has 35 heavy (non-hydrogen) atoms. The largest absolute Gasteiger partial charge is 0.477 e. The second-order valence-electron chi connectivity index (χ2n) is 10.1. The number of fused-ring (bicyclic) bond motifs is 1. The zero-order valence-corrected chi connectivity index (χ0v) is 20.1. The molecule has 3 aromatic rings. The topological polar surface area (TPSA) is 83.7 Å². The fourth-order valence-corrected chi connectivity index (χ4v) is 5.68. The summed E-state index contributed by atoms with van der Waals surface area (Å²) in [7, 11) is 0. The molecule has 1 saturated carbocycles. The van der Waals surface area contributed by atoms with E-state index in [0.717, 1.165) is 68.0 Å². The van der Waals surface area contributed by atoms with Gasteiger partial charge < -0.3 is 19.6 Å². The van der Waals surface area contributed by atoms with Crippen molar-refractivity contribution < 1.29 is 14.6 Å². The SMILES string of the molecule is O=C(O)c1cc(N2CCOC(CN3CCCCC3)C2)c2c(C3CCC3)nn(-c3ccccc3)c2n1. The highest BCUT2D eigenvalue weighted by atomic mass is 16.5. The lowest BCUT2D eigenvalue weighted by molar-refractivity contribution is 0.0122. The summed E-state index contributed by atoms with van der Waals surface area (Å²) < 4.78 is 8.01. The van der Waals surface area contributed by atoms with E-state index in [1.165, 1.54) is 25.7 Å². The molecule has 2 saturated heterocycles. The predicted molar refractivity (Wildman–Crippen MR) is 135 cm³/mol. The van der Waals surface area contributed by atoms with E-state index in [1.54, 1.807) is 6.07 Å². The lowest BCUT2D eigenvalue weighted by Gasteiger charge is -2.38. The van der Waals surface area contributed by atoms with Crippen molar-refractivity contribution in [2.45, 2.75) is 50.5 Å². The Kier molecular flexibility index (Phi) is 6.16. The Hall–Kier alpha value is -2.97. The van der Waals surface area contributed by atoms with Gasteiger partial charge in [-0.15, -0.1) is 0 Å². The van der Waals surface area contributed by atoms with E-state index in [9.17, 15) is 9.90 Å². The summed E-state index contributed by atoms with van der Waals surface area (Å²) in [4.78, 5) is 21.6. The molecule has 0 spiro atoms. The van der Waals surface area contributed by atoms with Crippen molar-refractivity contribution in [2.75, 3.05) is 44.2 Å². The van der Waals surface area contributed by atoms with Crippen LogP contribution in [0.4, 0.5) is 5.69 Å². The van der Waals surface area contributed by atoms with Crippen molar-refractivity contribution in [3.63, 3.8) is 0 Å². The van der Waals surface area contributed by atoms with E-state index in [1.807, 2.05) is 35.0 Å². The van der Waals surface area contributed by atoms with Crippen LogP contribution in [0.5, 0.6) is 0 Å². The Morgan fingerprint density at radius 1 is 1.06 bits per heavy atom. The van der Waals surface area contributed by atoms with E-state index in [4.69, 9.17) is 9.84 Å². The van der Waals surface area contributed by atoms with E-state index in [-0.39, 0.29) is 11.8 Å². The van der Waals surface area contributed by atoms with Crippen molar-refractivity contribution in [3.05, 3.63) is 47.8 Å². The zero-order chi connectivity index (χ0) is 23.8. The van der Waals surface area contributed by atoms with Crippen LogP contribution in [0, 0.1) is 0 Å². The third-order valence-electron chi connectivity index (χ3n) is 7.75. The Balaban J connectivity index is 1.43. The number of rotatable bonds is 6. The number of benzene rings is 1. The normalized spacial score (nSPS) is 21.8. The van der Waals surface area contributed by atoms with E-state index < -0.39 is 5.97 Å². The molecule has 1 unspecified atom stereocenters. The fraction of sp³-hybridized carbons (Fsp3) is 0.519. The first kappa shape index (κ1) is 22.5. The number of carboxylic acid groups (broad SMARTS) is 1. The van der Waals surface area contributed by atoms with Crippen molar-refractivity contribution in [1.82, 2.24) is 19.7 Å². The molecule has 0 bridgehead atoms. The maximum absolute atomic E-state index is 12.1. The summed E-state index contributed by atoms with van der Waals surface area (Å²) in [5.74, 6) is -0.624. The monoisotopic (exact) mass is 475 g/mol. The third kappa shape index (κ3) is 4.41. The van der Waals surface area contributed by atoms with Crippen molar-refractivity contribution in [3.8, 4) is 5.69 Å². The average molecular weight is 476 g/mol. The minimum absolute atomic E-state index is 0.0591. The first-order chi connectivity index (χ1) is 17.2. The number of aromatic nitrogens is 3. The summed E-state index contributed by atoms with van der Waals surface area (Å²) in [6.07, 6.45) is 7.37. The first-order valence-electron chi connectivity index (χ1n) is 13.0. The molecule has 0 amide bonds. The number of likely N-dealkylation sites (tertiary alicyclic amines) is 1. The maximum atomic E-state index is 12.1. The number of carboxylic acids is 1. The van der Waals surface area contributed by atoms with Gasteiger partial charge in [0.15, 0.2) is 11.3 Å². The number of hydrogen-bond acceptors (Lipinski definition) is 6. The van der Waals surface area contributed by atoms with Crippen LogP contribution in [0.25, 0.3) is 16.7 Å². The number of hydrogen-bond donors (Lipinski definition) is 1. The van der Waals surface area contributed by atoms with Gasteiger partial charge >= 0.3 is 5.97 Å². The van der Waals surface area contributed by atoms with Crippen LogP contribution in [-0.4, -0.2) is 76.2 Å². The fourth-order valence-electron chi connectivity index (χ4n) is 5.68. The molecule has 1 N–H and O–H groups in total. The number of pyridine rings is 1. The van der Waals surface area contributed by atoms with Gasteiger partial charge in [-0.25, -0.2) is 14.5 Å². The van der Waals surface area contributed by atoms with Gasteiger partial charge in [-0.1, -0.05) is 31.0 Å². The molecule has 1 aromatic carbocycles. The average Bonchev–Trinajstić information content (AvgIpc) is 3.23. The number of para-hydroxylation sites is 1. The Bertz CT molecular complexity index is 1200. The van der Waals surface area contributed by atoms with Gasteiger partial charge in [-0.2, -0.15) is 5.10 Å². The van der Waals surface area contributed by atoms with Crippen LogP contribution < -0.4 is 4.90 Å². The molecule has 184 valence electrons. The number of piperidine rings is 1. The van der Waals surface area contributed by atoms with Gasteiger partial charge in [-0.3, -0.25) is 0 Å². The van der Waals surface area contributed by atoms with E-state index >= 15 is 0 Å². The number of ether oxygens (including phenoxy) is 1. The molecule has 4 heterocycles. The van der Waals surface area contributed by atoms with Crippen molar-refractivity contribution in [2.24, 2.45) is 0 Å². The Labute approximate surface area is 205 Å². The summed E-state index contributed by atoms with van der Waals surface area (Å²) in [5.41, 5.74) is 3.57. The number of nitrogens with zero attached hydrogens (tertiary/aromatic N) is 5. The van der Waals surface area contributed by atoms with Gasteiger partial charge in [0.05, 0.1) is 35.2 Å². The molecule has 3 fully saturated rings. The Morgan fingerprint density at radius 3 is 2.57 bits per heavy atom. The number of anilines is 1. The van der Waals surface area contributed by atoms with Gasteiger partial charge in [0.2, 0.25) is 0 Å². The second-order valence-corrected chi connectivity index (χ2v) is 10.1. The number of morpholine rings is 1. The van der Waals surface area contributed by atoms with Gasteiger partial charge in [0.25, 0.3) is 0 Å². The molecular formula is C27H33N5O3. The highest BCUT2D eigenvalue weighted by Gasteiger charge is 2.32. The van der Waals surface area contributed by atoms with Crippen LogP contribution in [0.3, 0.4) is 0 Å². The molecule has 2 aromatic heterocycles. The minimum Gasteiger partial charge on any atom is -0.477 e. The maximum Gasteiger partial charge on any atom is 0.354 e. The van der Waals surface area contributed by atoms with E-state index in [2.05, 4.69) is 14.8 Å². The van der Waals surface area contributed by atoms with E-state index in [0.29, 0.717) is 18.2 Å². The second kappa shape index (κ2) is 9.59. The standard InChI is InChI=1S/C27H33N5O3/c33-27(34)22-16-23(31-14-15-35-21(18-31)17-30-12-5-2-6-13-30)24-25(19-8-7-9-19)29-32(26(24)28-22)20-10-3-1-4-11-20/h1,3-4,10-11,16,19,21H,2,5-9,12-15,17-18H2,(H,33,34). The summed E-state index contributed by atoms with van der Waals surface area (Å²) >= 11 is 0. The van der Waals surface area contributed by atoms with Crippen LogP contribution in [0.15, 0.2) is 36.4 Å². The molecular weight excluding hydrogens is 442 g/mol. The zero-order valence-electron chi connectivity index (χ0n) is 20.1. The van der Waals surface area contributed by atoms with Gasteiger partial charge in [0, 0.05) is 25.6 Å². The van der Waals surface area contributed by atoms with Gasteiger partial charge in [0.1, 0.15) is 0 Å². The lowest BCUT2D eigenvalue weighted by atomic mass is 9.82. The smallest absolute Gasteiger partial charge is 0.354 e. The minimum atomic E-state index is -1.02. The predicted octanol–water partition coefficient (Wildman–Crippen LogP) is 4.08. The number of carbonyl (C=O) groups is 1. The lowest BCUT2D eigenvalue weighted by Crippen LogP contribution is -2.48. The van der Waals surface area contributed by atoms with Crippen LogP contribution >= 0.6 is 0 Å². The van der Waals surface area contributed by atoms with Crippen molar-refractivity contribution >= 4 is 22.7 Å². The summed E-state index contributed by atoms with van der Waals surface area (Å²) in [6, 6.07) is 11.7. The van der Waals surface area contributed by atoms with Crippen LogP contribution in [-0.2, 0) is 4.74 Å². The first-order valence-corrected chi connectivity index (χ1v) is 13.0. The number of aromatic carboxylic acids is 1. The Morgan fingerprint density at radius 2 is 1.86 bits per heavy atom. The van der Waals surface area contributed by atoms with Crippen LogP contribution in [0.1, 0.15) is 60.6 Å². The molecule has 6 rings (SSSR count). The third-order valence-corrected chi connectivity index (χ3v) is 7.75. The molecule has 8 heteroatoms. The molecule has 1 atom stereocenters. The highest BCUT2D eigenvalue weighted by molar-refractivity contribution is 5.98. The highest BCUT2D eigenvalue weighted by Crippen LogP contribution is 2.43. The molecule has 0 radical (unpaired) electrons. The van der Waals surface area contributed by atoms with Gasteiger partial charge in [-0.05, 0) is 57.0 Å². The molecule has 2 aliphatic heterocycles. The summed E-state index contributed by atoms with van der Waals surface area (Å²) in [5, 5.41) is 16.0.